The molecule has 1 amide bonds. The number of likely N-dealkylation sites (tertiary alicyclic amines) is 1. The maximum Gasteiger partial charge on any atom is 0.328 e. The molecule has 2 aromatic heterocycles. The van der Waals surface area contributed by atoms with Crippen LogP contribution in [0.3, 0.4) is 0 Å². The monoisotopic (exact) mass is 359 g/mol. The number of piperidine rings is 1. The van der Waals surface area contributed by atoms with Gasteiger partial charge in [-0.15, -0.1) is 5.10 Å². The van der Waals surface area contributed by atoms with Crippen LogP contribution in [-0.4, -0.2) is 49.7 Å². The Hall–Kier alpha value is -2.97. The van der Waals surface area contributed by atoms with Crippen molar-refractivity contribution in [1.82, 2.24) is 24.6 Å². The molecule has 9 nitrogen and oxygen atoms in total. The van der Waals surface area contributed by atoms with E-state index in [1.165, 1.54) is 16.8 Å². The van der Waals surface area contributed by atoms with Crippen LogP contribution in [0.25, 0.3) is 0 Å². The lowest BCUT2D eigenvalue weighted by molar-refractivity contribution is -0.134. The number of aromatic nitrogens is 4. The topological polar surface area (TPSA) is 110 Å². The zero-order valence-corrected chi connectivity index (χ0v) is 14.6. The van der Waals surface area contributed by atoms with E-state index in [1.54, 1.807) is 11.0 Å². The molecule has 138 valence electrons. The third-order valence-electron chi connectivity index (χ3n) is 4.26. The standard InChI is InChI=1S/C17H21N5O4/c1-12-4-5-15(20-19-12)26-13-3-2-8-22(11-13)16(24)7-10-21-9-6-14(23)18-17(21)25/h4-6,9,13H,2-3,7-8,10-11H2,1H3,(H,18,23,25)/t13-/m0/s1. The average molecular weight is 359 g/mol. The molecule has 0 aliphatic carbocycles. The van der Waals surface area contributed by atoms with Gasteiger partial charge in [0.1, 0.15) is 6.10 Å². The highest BCUT2D eigenvalue weighted by atomic mass is 16.5. The lowest BCUT2D eigenvalue weighted by Gasteiger charge is -2.32. The summed E-state index contributed by atoms with van der Waals surface area (Å²) in [7, 11) is 0. The van der Waals surface area contributed by atoms with E-state index < -0.39 is 11.2 Å². The molecule has 0 spiro atoms. The Balaban J connectivity index is 1.54. The molecule has 3 rings (SSSR count). The molecule has 3 heterocycles. The van der Waals surface area contributed by atoms with Crippen LogP contribution < -0.4 is 16.0 Å². The van der Waals surface area contributed by atoms with Crippen LogP contribution >= 0.6 is 0 Å². The second-order valence-electron chi connectivity index (χ2n) is 6.29. The summed E-state index contributed by atoms with van der Waals surface area (Å²) in [4.78, 5) is 39.1. The highest BCUT2D eigenvalue weighted by Gasteiger charge is 2.25. The quantitative estimate of drug-likeness (QED) is 0.810. The van der Waals surface area contributed by atoms with E-state index in [9.17, 15) is 14.4 Å². The third-order valence-corrected chi connectivity index (χ3v) is 4.26. The van der Waals surface area contributed by atoms with Gasteiger partial charge in [0, 0.05) is 37.8 Å². The SMILES string of the molecule is Cc1ccc(O[C@H]2CCCN(C(=O)CCn3ccc(=O)[nH]c3=O)C2)nn1. The fourth-order valence-electron chi connectivity index (χ4n) is 2.88. The smallest absolute Gasteiger partial charge is 0.328 e. The molecular weight excluding hydrogens is 338 g/mol. The molecule has 0 aromatic carbocycles. The summed E-state index contributed by atoms with van der Waals surface area (Å²) in [6.45, 7) is 3.22. The zero-order chi connectivity index (χ0) is 18.5. The van der Waals surface area contributed by atoms with Gasteiger partial charge < -0.3 is 14.2 Å². The molecule has 26 heavy (non-hydrogen) atoms. The largest absolute Gasteiger partial charge is 0.471 e. The van der Waals surface area contributed by atoms with Gasteiger partial charge in [0.15, 0.2) is 0 Å². The van der Waals surface area contributed by atoms with Crippen LogP contribution in [0.15, 0.2) is 34.0 Å². The van der Waals surface area contributed by atoms with E-state index in [0.717, 1.165) is 18.5 Å². The number of hydrogen-bond acceptors (Lipinski definition) is 6. The fourth-order valence-corrected chi connectivity index (χ4v) is 2.88. The number of amides is 1. The second-order valence-corrected chi connectivity index (χ2v) is 6.29. The summed E-state index contributed by atoms with van der Waals surface area (Å²) in [5.74, 6) is 0.404. The number of rotatable bonds is 5. The zero-order valence-electron chi connectivity index (χ0n) is 14.6. The highest BCUT2D eigenvalue weighted by Crippen LogP contribution is 2.17. The summed E-state index contributed by atoms with van der Waals surface area (Å²) in [6, 6.07) is 4.86. The Kier molecular flexibility index (Phi) is 5.45. The average Bonchev–Trinajstić information content (AvgIpc) is 2.63. The molecule has 0 bridgehead atoms. The Morgan fingerprint density at radius 3 is 2.88 bits per heavy atom. The molecule has 1 saturated heterocycles. The van der Waals surface area contributed by atoms with Crippen LogP contribution in [-0.2, 0) is 11.3 Å². The molecule has 2 aromatic rings. The minimum atomic E-state index is -0.511. The number of carbonyl (C=O) groups is 1. The number of H-pyrrole nitrogens is 1. The van der Waals surface area contributed by atoms with E-state index in [1.807, 2.05) is 13.0 Å². The minimum Gasteiger partial charge on any atom is -0.471 e. The summed E-state index contributed by atoms with van der Waals surface area (Å²) in [5.41, 5.74) is -0.147. The molecule has 0 unspecified atom stereocenters. The molecule has 1 N–H and O–H groups in total. The van der Waals surface area contributed by atoms with E-state index in [0.29, 0.717) is 19.0 Å². The van der Waals surface area contributed by atoms with Crippen LogP contribution in [0, 0.1) is 6.92 Å². The van der Waals surface area contributed by atoms with Gasteiger partial charge in [-0.2, -0.15) is 5.10 Å². The number of hydrogen-bond donors (Lipinski definition) is 1. The van der Waals surface area contributed by atoms with Gasteiger partial charge in [-0.3, -0.25) is 14.6 Å². The van der Waals surface area contributed by atoms with Crippen LogP contribution in [0.4, 0.5) is 0 Å². The van der Waals surface area contributed by atoms with Crippen molar-refractivity contribution in [1.29, 1.82) is 0 Å². The first-order valence-electron chi connectivity index (χ1n) is 8.56. The Bertz CT molecular complexity index is 874. The van der Waals surface area contributed by atoms with E-state index in [-0.39, 0.29) is 25.0 Å². The Morgan fingerprint density at radius 1 is 1.31 bits per heavy atom. The first-order chi connectivity index (χ1) is 12.5. The molecule has 1 fully saturated rings. The first-order valence-corrected chi connectivity index (χ1v) is 8.56. The number of ether oxygens (including phenoxy) is 1. The predicted molar refractivity (Wildman–Crippen MR) is 92.9 cm³/mol. The van der Waals surface area contributed by atoms with E-state index in [4.69, 9.17) is 4.74 Å². The molecule has 0 radical (unpaired) electrons. The van der Waals surface area contributed by atoms with Crippen molar-refractivity contribution >= 4 is 5.91 Å². The highest BCUT2D eigenvalue weighted by molar-refractivity contribution is 5.76. The molecule has 1 atom stereocenters. The van der Waals surface area contributed by atoms with Crippen molar-refractivity contribution in [2.75, 3.05) is 13.1 Å². The van der Waals surface area contributed by atoms with E-state index in [2.05, 4.69) is 15.2 Å². The predicted octanol–water partition coefficient (Wildman–Crippen LogP) is 0.0951. The van der Waals surface area contributed by atoms with Gasteiger partial charge >= 0.3 is 5.69 Å². The van der Waals surface area contributed by atoms with E-state index >= 15 is 0 Å². The summed E-state index contributed by atoms with van der Waals surface area (Å²) in [5, 5.41) is 7.96. The van der Waals surface area contributed by atoms with Crippen LogP contribution in [0.1, 0.15) is 25.0 Å². The van der Waals surface area contributed by atoms with Gasteiger partial charge in [-0.25, -0.2) is 4.79 Å². The first kappa shape index (κ1) is 17.8. The normalized spacial score (nSPS) is 17.1. The lowest BCUT2D eigenvalue weighted by atomic mass is 10.1. The van der Waals surface area contributed by atoms with Crippen molar-refractivity contribution in [3.63, 3.8) is 0 Å². The van der Waals surface area contributed by atoms with Crippen molar-refractivity contribution in [3.05, 3.63) is 50.9 Å². The van der Waals surface area contributed by atoms with Gasteiger partial charge in [0.2, 0.25) is 11.8 Å². The molecule has 9 heteroatoms. The van der Waals surface area contributed by atoms with Gasteiger partial charge in [0.25, 0.3) is 5.56 Å². The summed E-state index contributed by atoms with van der Waals surface area (Å²) in [6.07, 6.45) is 3.14. The van der Waals surface area contributed by atoms with Gasteiger partial charge in [-0.1, -0.05) is 0 Å². The number of carbonyl (C=O) groups excluding carboxylic acids is 1. The van der Waals surface area contributed by atoms with Gasteiger partial charge in [-0.05, 0) is 25.8 Å². The number of aromatic amines is 1. The number of nitrogens with zero attached hydrogens (tertiary/aromatic N) is 4. The molecule has 1 aliphatic rings. The summed E-state index contributed by atoms with van der Waals surface area (Å²) >= 11 is 0. The number of aryl methyl sites for hydroxylation is 2. The maximum atomic E-state index is 12.4. The van der Waals surface area contributed by atoms with Crippen molar-refractivity contribution in [2.45, 2.75) is 38.8 Å². The molecule has 1 aliphatic heterocycles. The molecule has 0 saturated carbocycles. The van der Waals surface area contributed by atoms with Crippen LogP contribution in [0.5, 0.6) is 5.88 Å². The van der Waals surface area contributed by atoms with Crippen LogP contribution in [0.2, 0.25) is 0 Å². The Labute approximate surface area is 149 Å². The van der Waals surface area contributed by atoms with Crippen molar-refractivity contribution < 1.29 is 9.53 Å². The number of nitrogens with one attached hydrogen (secondary N) is 1. The van der Waals surface area contributed by atoms with Crippen molar-refractivity contribution in [2.24, 2.45) is 0 Å². The maximum absolute atomic E-state index is 12.4. The summed E-state index contributed by atoms with van der Waals surface area (Å²) < 4.78 is 7.14. The Morgan fingerprint density at radius 2 is 2.15 bits per heavy atom. The third kappa shape index (κ3) is 4.56. The minimum absolute atomic E-state index is 0.0496. The second kappa shape index (κ2) is 7.94. The van der Waals surface area contributed by atoms with Gasteiger partial charge in [0.05, 0.1) is 12.2 Å². The lowest BCUT2D eigenvalue weighted by Crippen LogP contribution is -2.45. The van der Waals surface area contributed by atoms with Crippen molar-refractivity contribution in [3.8, 4) is 5.88 Å². The fraction of sp³-hybridized carbons (Fsp3) is 0.471. The molecular formula is C17H21N5O4.